The molecule has 0 atom stereocenters. The standard InChI is InChI=1S/C15H23NO2/c1-7-15(5,6)12-10-11(14(2,3)4)8-9-13(12)16(17)18/h8-10H,7H2,1-6H3. The zero-order chi connectivity index (χ0) is 14.1. The van der Waals surface area contributed by atoms with Crippen molar-refractivity contribution in [3.8, 4) is 0 Å². The summed E-state index contributed by atoms with van der Waals surface area (Å²) in [4.78, 5) is 10.9. The summed E-state index contributed by atoms with van der Waals surface area (Å²) in [6.07, 6.45) is 0.876. The number of nitrogens with zero attached hydrogens (tertiary/aromatic N) is 1. The molecule has 0 bridgehead atoms. The Labute approximate surface area is 109 Å². The average Bonchev–Trinajstić information content (AvgIpc) is 2.27. The van der Waals surface area contributed by atoms with Crippen LogP contribution in [0.5, 0.6) is 0 Å². The highest BCUT2D eigenvalue weighted by molar-refractivity contribution is 5.48. The molecule has 0 saturated heterocycles. The van der Waals surface area contributed by atoms with Crippen LogP contribution in [0.1, 0.15) is 59.1 Å². The molecular formula is C15H23NO2. The molecular weight excluding hydrogens is 226 g/mol. The van der Waals surface area contributed by atoms with Gasteiger partial charge < -0.3 is 0 Å². The summed E-state index contributed by atoms with van der Waals surface area (Å²) in [7, 11) is 0. The monoisotopic (exact) mass is 249 g/mol. The van der Waals surface area contributed by atoms with E-state index in [1.54, 1.807) is 6.07 Å². The number of nitro groups is 1. The van der Waals surface area contributed by atoms with Gasteiger partial charge >= 0.3 is 0 Å². The summed E-state index contributed by atoms with van der Waals surface area (Å²) in [6.45, 7) is 12.5. The normalized spacial score (nSPS) is 12.6. The highest BCUT2D eigenvalue weighted by atomic mass is 16.6. The second-order valence-electron chi connectivity index (χ2n) is 6.48. The van der Waals surface area contributed by atoms with E-state index in [9.17, 15) is 10.1 Å². The molecule has 0 aliphatic carbocycles. The Morgan fingerprint density at radius 3 is 2.11 bits per heavy atom. The van der Waals surface area contributed by atoms with Crippen molar-refractivity contribution in [3.05, 3.63) is 39.4 Å². The van der Waals surface area contributed by atoms with Crippen molar-refractivity contribution in [2.24, 2.45) is 0 Å². The SMILES string of the molecule is CCC(C)(C)c1cc(C(C)(C)C)ccc1[N+](=O)[O-]. The fraction of sp³-hybridized carbons (Fsp3) is 0.600. The van der Waals surface area contributed by atoms with Crippen molar-refractivity contribution in [1.29, 1.82) is 0 Å². The minimum atomic E-state index is -0.279. The fourth-order valence-electron chi connectivity index (χ4n) is 1.89. The third kappa shape index (κ3) is 2.89. The molecule has 0 aromatic heterocycles. The van der Waals surface area contributed by atoms with Gasteiger partial charge in [0.25, 0.3) is 5.69 Å². The van der Waals surface area contributed by atoms with Crippen molar-refractivity contribution >= 4 is 5.69 Å². The molecule has 0 spiro atoms. The van der Waals surface area contributed by atoms with E-state index in [0.29, 0.717) is 0 Å². The summed E-state index contributed by atoms with van der Waals surface area (Å²) in [5.41, 5.74) is 2.04. The van der Waals surface area contributed by atoms with Crippen LogP contribution >= 0.6 is 0 Å². The van der Waals surface area contributed by atoms with Gasteiger partial charge in [-0.15, -0.1) is 0 Å². The number of rotatable bonds is 3. The smallest absolute Gasteiger partial charge is 0.258 e. The number of hydrogen-bond donors (Lipinski definition) is 0. The van der Waals surface area contributed by atoms with Gasteiger partial charge in [0.15, 0.2) is 0 Å². The molecule has 0 saturated carbocycles. The molecule has 1 aromatic carbocycles. The first-order valence-corrected chi connectivity index (χ1v) is 6.39. The lowest BCUT2D eigenvalue weighted by Crippen LogP contribution is -2.20. The lowest BCUT2D eigenvalue weighted by molar-refractivity contribution is -0.386. The van der Waals surface area contributed by atoms with Crippen LogP contribution in [0.4, 0.5) is 5.69 Å². The molecule has 0 unspecified atom stereocenters. The molecule has 0 fully saturated rings. The third-order valence-electron chi connectivity index (χ3n) is 3.67. The maximum atomic E-state index is 11.2. The Morgan fingerprint density at radius 1 is 1.17 bits per heavy atom. The van der Waals surface area contributed by atoms with Gasteiger partial charge in [-0.25, -0.2) is 0 Å². The van der Waals surface area contributed by atoms with Crippen LogP contribution in [0.15, 0.2) is 18.2 Å². The average molecular weight is 249 g/mol. The Bertz CT molecular complexity index is 456. The van der Waals surface area contributed by atoms with Crippen LogP contribution in [0, 0.1) is 10.1 Å². The van der Waals surface area contributed by atoms with Crippen LogP contribution in [-0.4, -0.2) is 4.92 Å². The van der Waals surface area contributed by atoms with E-state index < -0.39 is 0 Å². The Balaban J connectivity index is 3.48. The highest BCUT2D eigenvalue weighted by Crippen LogP contribution is 2.37. The van der Waals surface area contributed by atoms with E-state index in [0.717, 1.165) is 17.5 Å². The summed E-state index contributed by atoms with van der Waals surface area (Å²) in [5.74, 6) is 0. The lowest BCUT2D eigenvalue weighted by Gasteiger charge is -2.26. The summed E-state index contributed by atoms with van der Waals surface area (Å²) in [6, 6.07) is 5.52. The fourth-order valence-corrected chi connectivity index (χ4v) is 1.89. The zero-order valence-corrected chi connectivity index (χ0v) is 12.2. The molecule has 100 valence electrons. The molecule has 1 rings (SSSR count). The lowest BCUT2D eigenvalue weighted by atomic mass is 9.77. The van der Waals surface area contributed by atoms with Crippen molar-refractivity contribution < 1.29 is 4.92 Å². The molecule has 0 aliphatic rings. The number of benzene rings is 1. The van der Waals surface area contributed by atoms with Crippen LogP contribution in [0.2, 0.25) is 0 Å². The van der Waals surface area contributed by atoms with Gasteiger partial charge in [0.2, 0.25) is 0 Å². The Morgan fingerprint density at radius 2 is 1.72 bits per heavy atom. The molecule has 0 aliphatic heterocycles. The molecule has 0 heterocycles. The van der Waals surface area contributed by atoms with Crippen molar-refractivity contribution in [3.63, 3.8) is 0 Å². The van der Waals surface area contributed by atoms with Gasteiger partial charge in [-0.05, 0) is 28.9 Å². The van der Waals surface area contributed by atoms with E-state index in [2.05, 4.69) is 41.5 Å². The second kappa shape index (κ2) is 4.71. The zero-order valence-electron chi connectivity index (χ0n) is 12.2. The topological polar surface area (TPSA) is 43.1 Å². The predicted octanol–water partition coefficient (Wildman–Crippen LogP) is 4.58. The van der Waals surface area contributed by atoms with Gasteiger partial charge in [0.05, 0.1) is 4.92 Å². The predicted molar refractivity (Wildman–Crippen MR) is 75.1 cm³/mol. The largest absolute Gasteiger partial charge is 0.273 e. The molecule has 0 N–H and O–H groups in total. The summed E-state index contributed by atoms with van der Waals surface area (Å²) in [5, 5.41) is 11.2. The number of nitro benzene ring substituents is 1. The molecule has 18 heavy (non-hydrogen) atoms. The molecule has 0 radical (unpaired) electrons. The molecule has 0 amide bonds. The van der Waals surface area contributed by atoms with Gasteiger partial charge in [-0.3, -0.25) is 10.1 Å². The van der Waals surface area contributed by atoms with Gasteiger partial charge in [0, 0.05) is 11.6 Å². The van der Waals surface area contributed by atoms with Crippen LogP contribution in [-0.2, 0) is 10.8 Å². The van der Waals surface area contributed by atoms with Gasteiger partial charge in [0.1, 0.15) is 0 Å². The van der Waals surface area contributed by atoms with Crippen LogP contribution < -0.4 is 0 Å². The minimum Gasteiger partial charge on any atom is -0.258 e. The second-order valence-corrected chi connectivity index (χ2v) is 6.48. The number of hydrogen-bond acceptors (Lipinski definition) is 2. The first-order valence-electron chi connectivity index (χ1n) is 6.39. The Kier molecular flexibility index (Phi) is 3.84. The maximum Gasteiger partial charge on any atom is 0.273 e. The summed E-state index contributed by atoms with van der Waals surface area (Å²) >= 11 is 0. The first-order chi connectivity index (χ1) is 8.09. The van der Waals surface area contributed by atoms with Gasteiger partial charge in [-0.2, -0.15) is 0 Å². The summed E-state index contributed by atoms with van der Waals surface area (Å²) < 4.78 is 0. The van der Waals surface area contributed by atoms with Gasteiger partial charge in [-0.1, -0.05) is 47.6 Å². The van der Waals surface area contributed by atoms with Crippen molar-refractivity contribution in [2.45, 2.75) is 58.8 Å². The Hall–Kier alpha value is -1.38. The first kappa shape index (κ1) is 14.7. The van der Waals surface area contributed by atoms with Crippen LogP contribution in [0.25, 0.3) is 0 Å². The van der Waals surface area contributed by atoms with E-state index in [-0.39, 0.29) is 21.4 Å². The van der Waals surface area contributed by atoms with Crippen LogP contribution in [0.3, 0.4) is 0 Å². The van der Waals surface area contributed by atoms with E-state index in [4.69, 9.17) is 0 Å². The minimum absolute atomic E-state index is 0.00764. The quantitative estimate of drug-likeness (QED) is 0.581. The van der Waals surface area contributed by atoms with Crippen molar-refractivity contribution in [1.82, 2.24) is 0 Å². The van der Waals surface area contributed by atoms with Crippen molar-refractivity contribution in [2.75, 3.05) is 0 Å². The maximum absolute atomic E-state index is 11.2. The van der Waals surface area contributed by atoms with E-state index in [1.807, 2.05) is 12.1 Å². The molecule has 1 aromatic rings. The van der Waals surface area contributed by atoms with E-state index >= 15 is 0 Å². The molecule has 3 heteroatoms. The highest BCUT2D eigenvalue weighted by Gasteiger charge is 2.29. The third-order valence-corrected chi connectivity index (χ3v) is 3.67. The molecule has 3 nitrogen and oxygen atoms in total. The van der Waals surface area contributed by atoms with E-state index in [1.165, 1.54) is 0 Å².